The highest BCUT2D eigenvalue weighted by atomic mass is 16.5. The quantitative estimate of drug-likeness (QED) is 0.893. The van der Waals surface area contributed by atoms with Gasteiger partial charge in [0.15, 0.2) is 0 Å². The SMILES string of the molecule is CCOc1ccc(C(=O)Nc2ccc3c(c2)OCC(C)(C)C(=O)N3C)cc1. The Balaban J connectivity index is 1.78. The smallest absolute Gasteiger partial charge is 0.255 e. The van der Waals surface area contributed by atoms with Crippen molar-refractivity contribution >= 4 is 23.2 Å². The van der Waals surface area contributed by atoms with Crippen LogP contribution < -0.4 is 19.7 Å². The van der Waals surface area contributed by atoms with E-state index in [0.29, 0.717) is 29.3 Å². The van der Waals surface area contributed by atoms with Gasteiger partial charge in [0, 0.05) is 24.4 Å². The Morgan fingerprint density at radius 1 is 1.22 bits per heavy atom. The lowest BCUT2D eigenvalue weighted by molar-refractivity contribution is -0.127. The van der Waals surface area contributed by atoms with Crippen LogP contribution in [0.5, 0.6) is 11.5 Å². The Bertz CT molecular complexity index is 859. The summed E-state index contributed by atoms with van der Waals surface area (Å²) in [7, 11) is 1.73. The number of nitrogens with zero attached hydrogens (tertiary/aromatic N) is 1. The van der Waals surface area contributed by atoms with Crippen LogP contribution in [0.25, 0.3) is 0 Å². The Kier molecular flexibility index (Phi) is 5.08. The number of ether oxygens (including phenoxy) is 2. The van der Waals surface area contributed by atoms with Crippen LogP contribution >= 0.6 is 0 Å². The third-order valence-electron chi connectivity index (χ3n) is 4.48. The van der Waals surface area contributed by atoms with E-state index in [-0.39, 0.29) is 18.4 Å². The molecule has 0 saturated carbocycles. The molecule has 142 valence electrons. The molecule has 0 radical (unpaired) electrons. The van der Waals surface area contributed by atoms with Crippen molar-refractivity contribution in [1.82, 2.24) is 0 Å². The molecule has 1 N–H and O–H groups in total. The number of carbonyl (C=O) groups excluding carboxylic acids is 2. The number of hydrogen-bond acceptors (Lipinski definition) is 4. The van der Waals surface area contributed by atoms with Gasteiger partial charge in [-0.05, 0) is 57.2 Å². The first-order valence-electron chi connectivity index (χ1n) is 8.91. The molecule has 27 heavy (non-hydrogen) atoms. The number of hydrogen-bond donors (Lipinski definition) is 1. The summed E-state index contributed by atoms with van der Waals surface area (Å²) >= 11 is 0. The van der Waals surface area contributed by atoms with Crippen LogP contribution in [0.1, 0.15) is 31.1 Å². The number of rotatable bonds is 4. The van der Waals surface area contributed by atoms with Crippen LogP contribution in [0.2, 0.25) is 0 Å². The van der Waals surface area contributed by atoms with Gasteiger partial charge in [-0.25, -0.2) is 0 Å². The van der Waals surface area contributed by atoms with Crippen molar-refractivity contribution in [2.24, 2.45) is 5.41 Å². The highest BCUT2D eigenvalue weighted by Gasteiger charge is 2.36. The molecule has 6 heteroatoms. The first-order valence-corrected chi connectivity index (χ1v) is 8.91. The maximum Gasteiger partial charge on any atom is 0.255 e. The highest BCUT2D eigenvalue weighted by molar-refractivity contribution is 6.05. The molecule has 3 rings (SSSR count). The molecule has 2 aromatic rings. The molecule has 1 aliphatic rings. The predicted molar refractivity (Wildman–Crippen MR) is 105 cm³/mol. The second-order valence-corrected chi connectivity index (χ2v) is 7.13. The molecule has 0 saturated heterocycles. The zero-order valence-corrected chi connectivity index (χ0v) is 16.0. The minimum absolute atomic E-state index is 0.00702. The Hall–Kier alpha value is -3.02. The van der Waals surface area contributed by atoms with Gasteiger partial charge in [-0.15, -0.1) is 0 Å². The normalized spacial score (nSPS) is 15.4. The molecule has 6 nitrogen and oxygen atoms in total. The zero-order valence-electron chi connectivity index (χ0n) is 16.0. The lowest BCUT2D eigenvalue weighted by Crippen LogP contribution is -2.39. The van der Waals surface area contributed by atoms with Gasteiger partial charge in [0.2, 0.25) is 5.91 Å². The van der Waals surface area contributed by atoms with E-state index in [2.05, 4.69) is 5.32 Å². The van der Waals surface area contributed by atoms with E-state index < -0.39 is 5.41 Å². The van der Waals surface area contributed by atoms with Crippen LogP contribution in [-0.4, -0.2) is 32.1 Å². The van der Waals surface area contributed by atoms with Crippen molar-refractivity contribution in [2.45, 2.75) is 20.8 Å². The minimum atomic E-state index is -0.612. The largest absolute Gasteiger partial charge is 0.494 e. The molecule has 0 unspecified atom stereocenters. The summed E-state index contributed by atoms with van der Waals surface area (Å²) in [6.07, 6.45) is 0. The Labute approximate surface area is 159 Å². The molecule has 2 aromatic carbocycles. The van der Waals surface area contributed by atoms with Crippen molar-refractivity contribution in [2.75, 3.05) is 30.5 Å². The van der Waals surface area contributed by atoms with Gasteiger partial charge in [0.1, 0.15) is 18.1 Å². The van der Waals surface area contributed by atoms with Gasteiger partial charge < -0.3 is 19.7 Å². The second-order valence-electron chi connectivity index (χ2n) is 7.13. The van der Waals surface area contributed by atoms with E-state index in [9.17, 15) is 9.59 Å². The second kappa shape index (κ2) is 7.31. The molecule has 2 amide bonds. The molecule has 0 aromatic heterocycles. The Morgan fingerprint density at radius 3 is 2.59 bits per heavy atom. The maximum atomic E-state index is 12.5. The monoisotopic (exact) mass is 368 g/mol. The summed E-state index contributed by atoms with van der Waals surface area (Å²) in [4.78, 5) is 26.6. The van der Waals surface area contributed by atoms with E-state index in [4.69, 9.17) is 9.47 Å². The number of fused-ring (bicyclic) bond motifs is 1. The summed E-state index contributed by atoms with van der Waals surface area (Å²) < 4.78 is 11.2. The van der Waals surface area contributed by atoms with E-state index in [1.54, 1.807) is 54.4 Å². The summed E-state index contributed by atoms with van der Waals surface area (Å²) in [6.45, 7) is 6.47. The summed E-state index contributed by atoms with van der Waals surface area (Å²) in [5.74, 6) is 1.06. The van der Waals surface area contributed by atoms with Crippen molar-refractivity contribution in [3.8, 4) is 11.5 Å². The van der Waals surface area contributed by atoms with Crippen LogP contribution in [0, 0.1) is 5.41 Å². The number of anilines is 2. The van der Waals surface area contributed by atoms with Gasteiger partial charge >= 0.3 is 0 Å². The molecule has 0 aliphatic carbocycles. The molecule has 1 heterocycles. The van der Waals surface area contributed by atoms with Crippen LogP contribution in [0.15, 0.2) is 42.5 Å². The van der Waals surface area contributed by atoms with Crippen LogP contribution in [0.3, 0.4) is 0 Å². The summed E-state index contributed by atoms with van der Waals surface area (Å²) in [5, 5.41) is 2.86. The topological polar surface area (TPSA) is 67.9 Å². The maximum absolute atomic E-state index is 12.5. The third-order valence-corrected chi connectivity index (χ3v) is 4.48. The fraction of sp³-hybridized carbons (Fsp3) is 0.333. The fourth-order valence-corrected chi connectivity index (χ4v) is 2.94. The average molecular weight is 368 g/mol. The summed E-state index contributed by atoms with van der Waals surface area (Å²) in [6, 6.07) is 12.2. The fourth-order valence-electron chi connectivity index (χ4n) is 2.94. The lowest BCUT2D eigenvalue weighted by atomic mass is 9.93. The minimum Gasteiger partial charge on any atom is -0.494 e. The first-order chi connectivity index (χ1) is 12.8. The first kappa shape index (κ1) is 18.8. The van der Waals surface area contributed by atoms with Crippen LogP contribution in [0.4, 0.5) is 11.4 Å². The molecule has 0 bridgehead atoms. The number of nitrogens with one attached hydrogen (secondary N) is 1. The van der Waals surface area contributed by atoms with Gasteiger partial charge in [-0.1, -0.05) is 0 Å². The standard InChI is InChI=1S/C21H24N2O4/c1-5-26-16-9-6-14(7-10-16)19(24)22-15-8-11-17-18(12-15)27-13-21(2,3)20(25)23(17)4/h6-12H,5,13H2,1-4H3,(H,22,24). The van der Waals surface area contributed by atoms with Gasteiger partial charge in [0.25, 0.3) is 5.91 Å². The van der Waals surface area contributed by atoms with Crippen LogP contribution in [-0.2, 0) is 4.79 Å². The predicted octanol–water partition coefficient (Wildman–Crippen LogP) is 3.72. The molecule has 0 atom stereocenters. The van der Waals surface area contributed by atoms with Crippen molar-refractivity contribution < 1.29 is 19.1 Å². The van der Waals surface area contributed by atoms with Crippen molar-refractivity contribution in [3.63, 3.8) is 0 Å². The molecular weight excluding hydrogens is 344 g/mol. The van der Waals surface area contributed by atoms with Crippen molar-refractivity contribution in [3.05, 3.63) is 48.0 Å². The van der Waals surface area contributed by atoms with E-state index in [1.165, 1.54) is 0 Å². The molecule has 0 spiro atoms. The number of amides is 2. The van der Waals surface area contributed by atoms with E-state index >= 15 is 0 Å². The lowest BCUT2D eigenvalue weighted by Gasteiger charge is -2.24. The number of benzene rings is 2. The van der Waals surface area contributed by atoms with Gasteiger partial charge in [0.05, 0.1) is 17.7 Å². The van der Waals surface area contributed by atoms with E-state index in [1.807, 2.05) is 20.8 Å². The average Bonchev–Trinajstić information content (AvgIpc) is 2.73. The van der Waals surface area contributed by atoms with E-state index in [0.717, 1.165) is 5.75 Å². The Morgan fingerprint density at radius 2 is 1.93 bits per heavy atom. The summed E-state index contributed by atoms with van der Waals surface area (Å²) in [5.41, 5.74) is 1.21. The number of carbonyl (C=O) groups is 2. The molecular formula is C21H24N2O4. The zero-order chi connectivity index (χ0) is 19.6. The van der Waals surface area contributed by atoms with Gasteiger partial charge in [-0.3, -0.25) is 9.59 Å². The van der Waals surface area contributed by atoms with Gasteiger partial charge in [-0.2, -0.15) is 0 Å². The third kappa shape index (κ3) is 3.89. The molecule has 1 aliphatic heterocycles. The van der Waals surface area contributed by atoms with Crippen molar-refractivity contribution in [1.29, 1.82) is 0 Å². The molecule has 0 fully saturated rings. The highest BCUT2D eigenvalue weighted by Crippen LogP contribution is 2.37.